The van der Waals surface area contributed by atoms with Crippen LogP contribution in [0.5, 0.6) is 0 Å². The molecule has 13 aromatic carbocycles. The zero-order valence-corrected chi connectivity index (χ0v) is 39.4. The predicted molar refractivity (Wildman–Crippen MR) is 327 cm³/mol. The van der Waals surface area contributed by atoms with Gasteiger partial charge < -0.3 is 9.47 Å². The molecule has 2 nitrogen and oxygen atoms in total. The second-order valence-corrected chi connectivity index (χ2v) is 17.6. The zero-order valence-electron chi connectivity index (χ0n) is 80.4. The molecule has 77 heavy (non-hydrogen) atoms. The van der Waals surface area contributed by atoms with Crippen LogP contribution in [0.4, 0.5) is 17.1 Å². The summed E-state index contributed by atoms with van der Waals surface area (Å²) in [7, 11) is 0. The van der Waals surface area contributed by atoms with Crippen LogP contribution in [0.3, 0.4) is 0 Å². The summed E-state index contributed by atoms with van der Waals surface area (Å²) in [4.78, 5) is 0.398. The van der Waals surface area contributed by atoms with Crippen LogP contribution in [0.15, 0.2) is 278 Å². The smallest absolute Gasteiger partial charge is 0.0651 e. The third kappa shape index (κ3) is 7.03. The number of benzene rings is 13. The first kappa shape index (κ1) is 19.7. The van der Waals surface area contributed by atoms with Crippen LogP contribution in [-0.2, 0) is 5.41 Å². The van der Waals surface area contributed by atoms with Crippen molar-refractivity contribution >= 4 is 71.2 Å². The van der Waals surface area contributed by atoms with Crippen molar-refractivity contribution in [3.05, 3.63) is 289 Å². The summed E-state index contributed by atoms with van der Waals surface area (Å²) in [6, 6.07) is -35.3. The molecule has 0 atom stereocenters. The van der Waals surface area contributed by atoms with Crippen molar-refractivity contribution in [1.82, 2.24) is 4.57 Å². The number of aromatic nitrogens is 1. The molecule has 0 aliphatic heterocycles. The summed E-state index contributed by atoms with van der Waals surface area (Å²) in [6.45, 7) is -2.39. The molecule has 0 unspecified atom stereocenters. The van der Waals surface area contributed by atoms with Crippen LogP contribution < -0.4 is 4.90 Å². The molecule has 2 heteroatoms. The summed E-state index contributed by atoms with van der Waals surface area (Å²) in [5, 5.41) is -6.85. The lowest BCUT2D eigenvalue weighted by atomic mass is 9.82. The molecule has 15 rings (SSSR count). The minimum Gasteiger partial charge on any atom is -0.309 e. The lowest BCUT2D eigenvalue weighted by molar-refractivity contribution is 0.660. The Morgan fingerprint density at radius 2 is 1.03 bits per heavy atom. The molecule has 0 fully saturated rings. The minimum atomic E-state index is -2.60. The SMILES string of the molecule is [2H]CC1(C[2H])c2c([2H])c([2H])c([2H])c([2H])c2-c2c([2H])c([2H])c(N(c3c([2H])c(-c4cc([2H])c([2H])c([2H])c4[2H])c([2H])c(-c4c([2H])c([2H])c([2H])c([2H])c4[2H])c3[2H])c3c(-c4cc([2H])c([2H])c5c4c4c([2H])c([2H])c([2H])c(-c6c([2H])ccc([2H])c6[2H])c4n5-c4c([2H])ccc([2H])c4[2H])c([2H])c([2H])c4c5c([2H])c([2H])cc([2H])c5c5c([2H])c([2H])c([2H])c([2H])c5c34)c([2H])c21. The van der Waals surface area contributed by atoms with E-state index < -0.39 is 399 Å². The highest BCUT2D eigenvalue weighted by Gasteiger charge is 2.36. The molecule has 14 aromatic rings. The Labute approximate surface area is 506 Å². The molecular formula is C75H52N2. The molecule has 1 heterocycles. The van der Waals surface area contributed by atoms with Gasteiger partial charge in [0.25, 0.3) is 0 Å². The van der Waals surface area contributed by atoms with E-state index in [1.54, 1.807) is 0 Å². The molecule has 0 spiro atoms. The van der Waals surface area contributed by atoms with Crippen molar-refractivity contribution < 1.29 is 56.2 Å². The first-order chi connectivity index (χ1) is 55.3. The summed E-state index contributed by atoms with van der Waals surface area (Å²) >= 11 is 0. The average molecular weight is 1020 g/mol. The molecule has 0 saturated carbocycles. The Morgan fingerprint density at radius 1 is 0.364 bits per heavy atom. The van der Waals surface area contributed by atoms with Crippen LogP contribution in [0.25, 0.3) is 115 Å². The van der Waals surface area contributed by atoms with Crippen LogP contribution in [-0.4, -0.2) is 4.57 Å². The Hall–Kier alpha value is -9.76. The van der Waals surface area contributed by atoms with E-state index >= 15 is 0 Å². The summed E-state index contributed by atoms with van der Waals surface area (Å²) in [5.41, 5.74) is -19.6. The van der Waals surface area contributed by atoms with Gasteiger partial charge in [0.2, 0.25) is 0 Å². The number of fused-ring (bicyclic) bond motifs is 12. The maximum Gasteiger partial charge on any atom is 0.0651 e. The molecule has 362 valence electrons. The fourth-order valence-electron chi connectivity index (χ4n) is 10.0. The predicted octanol–water partition coefficient (Wildman–Crippen LogP) is 20.7. The third-order valence-corrected chi connectivity index (χ3v) is 13.2. The first-order valence-corrected chi connectivity index (χ1v) is 23.4. The highest BCUT2D eigenvalue weighted by Crippen LogP contribution is 2.55. The second kappa shape index (κ2) is 17.7. The topological polar surface area (TPSA) is 8.17 Å². The van der Waals surface area contributed by atoms with Crippen molar-refractivity contribution in [2.24, 2.45) is 0 Å². The highest BCUT2D eigenvalue weighted by atomic mass is 15.1. The van der Waals surface area contributed by atoms with Gasteiger partial charge in [-0.05, 0) is 131 Å². The number of anilines is 3. The Bertz CT molecular complexity index is 7040. The Morgan fingerprint density at radius 3 is 1.91 bits per heavy atom. The normalized spacial score (nSPS) is 20.1. The summed E-state index contributed by atoms with van der Waals surface area (Å²) in [6.07, 6.45) is 0. The largest absolute Gasteiger partial charge is 0.309 e. The van der Waals surface area contributed by atoms with E-state index in [0.717, 1.165) is 41.0 Å². The van der Waals surface area contributed by atoms with E-state index in [1.807, 2.05) is 0 Å². The first-order valence-electron chi connectivity index (χ1n) is 44.3. The molecule has 0 bridgehead atoms. The summed E-state index contributed by atoms with van der Waals surface area (Å²) < 4.78 is 399. The van der Waals surface area contributed by atoms with Gasteiger partial charge >= 0.3 is 0 Å². The number of para-hydroxylation sites is 2. The van der Waals surface area contributed by atoms with Crippen LogP contribution >= 0.6 is 0 Å². The molecule has 1 aromatic heterocycles. The lowest BCUT2D eigenvalue weighted by Crippen LogP contribution is -2.17. The van der Waals surface area contributed by atoms with Gasteiger partial charge in [0.1, 0.15) is 0 Å². The van der Waals surface area contributed by atoms with Crippen molar-refractivity contribution in [3.63, 3.8) is 0 Å². The standard InChI is InChI=1S/C75H52N2/c1-75(2)68-39-20-19-34-61(68)62-42-41-55(48-69(62)75)76(56-46-52(49-23-7-3-8-24-49)45-53(47-56)50-25-9-4-10-26-50)74-66(44-43-65-60-33-16-15-31-58(60)59-32-17-18-35-63(59)72(65)74)64-37-22-40-70-71(64)67-38-21-36-57(51-27-11-5-12-28-51)73(67)77(70)54-29-13-6-14-30-54/h3-48H,1-2H3/i1D,2D,3D,4D,7D,8D,9D,10D,11D,13D,16D,17D,18D,19D,20D,21D,22D,23D,24D,25D,27D,28D,29D,30D,31D,32D,33D,34D,35D,36D,38D,39D,40D,41D,42D,43D,44D,45D,46D,47D,48D. The maximum atomic E-state index is 11.1. The van der Waals surface area contributed by atoms with E-state index in [0.29, 0.717) is 11.0 Å². The lowest BCUT2D eigenvalue weighted by Gasteiger charge is -2.32. The average Bonchev–Trinajstić information content (AvgIpc) is 1.27. The van der Waals surface area contributed by atoms with Gasteiger partial charge in [-0.2, -0.15) is 0 Å². The van der Waals surface area contributed by atoms with E-state index in [4.69, 9.17) is 13.7 Å². The zero-order chi connectivity index (χ0) is 86.5. The van der Waals surface area contributed by atoms with Gasteiger partial charge in [0.15, 0.2) is 0 Å². The van der Waals surface area contributed by atoms with Crippen LogP contribution in [0.1, 0.15) is 81.1 Å². The molecule has 1 aliphatic rings. The van der Waals surface area contributed by atoms with Crippen molar-refractivity contribution in [2.75, 3.05) is 4.90 Å². The maximum absolute atomic E-state index is 11.1. The van der Waals surface area contributed by atoms with Crippen molar-refractivity contribution in [2.45, 2.75) is 19.2 Å². The fraction of sp³-hybridized carbons (Fsp3) is 0.0400. The van der Waals surface area contributed by atoms with E-state index in [9.17, 15) is 42.5 Å². The van der Waals surface area contributed by atoms with E-state index in [2.05, 4.69) is 0 Å². The quantitative estimate of drug-likeness (QED) is 0.138. The number of hydrogen-bond acceptors (Lipinski definition) is 1. The van der Waals surface area contributed by atoms with Gasteiger partial charge in [-0.15, -0.1) is 0 Å². The Kier molecular flexibility index (Phi) is 4.54. The molecule has 0 N–H and O–H groups in total. The number of rotatable bonds is 8. The highest BCUT2D eigenvalue weighted by molar-refractivity contribution is 6.31. The van der Waals surface area contributed by atoms with Gasteiger partial charge in [0, 0.05) is 52.5 Å². The third-order valence-electron chi connectivity index (χ3n) is 13.2. The van der Waals surface area contributed by atoms with E-state index in [-0.39, 0.29) is 0 Å². The second-order valence-electron chi connectivity index (χ2n) is 17.6. The van der Waals surface area contributed by atoms with Gasteiger partial charge in [-0.3, -0.25) is 0 Å². The fourth-order valence-corrected chi connectivity index (χ4v) is 10.0. The molecule has 1 aliphatic carbocycles. The summed E-state index contributed by atoms with van der Waals surface area (Å²) in [5.74, 6) is 0. The molecule has 0 radical (unpaired) electrons. The van der Waals surface area contributed by atoms with Gasteiger partial charge in [-0.1, -0.05) is 244 Å². The van der Waals surface area contributed by atoms with Crippen molar-refractivity contribution in [1.29, 1.82) is 0 Å². The number of nitrogens with zero attached hydrogens (tertiary/aromatic N) is 2. The number of hydrogen-bond donors (Lipinski definition) is 0. The van der Waals surface area contributed by atoms with E-state index in [1.165, 1.54) is 0 Å². The van der Waals surface area contributed by atoms with Crippen LogP contribution in [0, 0.1) is 0 Å². The van der Waals surface area contributed by atoms with Crippen LogP contribution in [0.2, 0.25) is 0 Å². The molecule has 0 amide bonds. The molecular weight excluding hydrogens is 929 g/mol. The minimum absolute atomic E-state index is 0.398. The Balaban J connectivity index is 1.37. The molecule has 0 saturated heterocycles. The monoisotopic (exact) mass is 1020 g/mol. The van der Waals surface area contributed by atoms with Crippen molar-refractivity contribution in [3.8, 4) is 61.3 Å². The van der Waals surface area contributed by atoms with Gasteiger partial charge in [-0.25, -0.2) is 0 Å². The van der Waals surface area contributed by atoms with Gasteiger partial charge in [0.05, 0.1) is 70.2 Å².